The molecule has 2 rings (SSSR count). The molecule has 1 aromatic rings. The molecule has 0 radical (unpaired) electrons. The van der Waals surface area contributed by atoms with Crippen LogP contribution in [0.2, 0.25) is 0 Å². The summed E-state index contributed by atoms with van der Waals surface area (Å²) in [6.07, 6.45) is 1.38. The van der Waals surface area contributed by atoms with Gasteiger partial charge in [-0.3, -0.25) is 14.4 Å². The number of hydrogen-bond donors (Lipinski definition) is 3. The van der Waals surface area contributed by atoms with Crippen molar-refractivity contribution in [2.75, 3.05) is 7.05 Å². The van der Waals surface area contributed by atoms with E-state index in [9.17, 15) is 23.2 Å². The summed E-state index contributed by atoms with van der Waals surface area (Å²) in [5, 5.41) is 7.36. The van der Waals surface area contributed by atoms with Crippen molar-refractivity contribution in [3.63, 3.8) is 0 Å². The van der Waals surface area contributed by atoms with Crippen LogP contribution in [0.25, 0.3) is 0 Å². The van der Waals surface area contributed by atoms with Crippen LogP contribution < -0.4 is 16.0 Å². The smallest absolute Gasteiger partial charge is 0.246 e. The molecule has 3 N–H and O–H groups in total. The van der Waals surface area contributed by atoms with Crippen molar-refractivity contribution in [2.24, 2.45) is 0 Å². The molecular formula is C15H17F2N3O3. The summed E-state index contributed by atoms with van der Waals surface area (Å²) in [5.74, 6) is -3.52. The van der Waals surface area contributed by atoms with E-state index in [0.29, 0.717) is 19.3 Å². The van der Waals surface area contributed by atoms with Gasteiger partial charge in [-0.15, -0.1) is 0 Å². The number of piperidine rings is 1. The van der Waals surface area contributed by atoms with Gasteiger partial charge in [0, 0.05) is 13.5 Å². The summed E-state index contributed by atoms with van der Waals surface area (Å²) >= 11 is 0. The third kappa shape index (κ3) is 4.02. The minimum Gasteiger partial charge on any atom is -0.357 e. The topological polar surface area (TPSA) is 87.3 Å². The summed E-state index contributed by atoms with van der Waals surface area (Å²) in [7, 11) is 1.36. The molecule has 1 aromatic carbocycles. The third-order valence-electron chi connectivity index (χ3n) is 3.62. The van der Waals surface area contributed by atoms with Crippen LogP contribution in [0, 0.1) is 11.6 Å². The van der Waals surface area contributed by atoms with Gasteiger partial charge in [-0.25, -0.2) is 8.78 Å². The average Bonchev–Trinajstić information content (AvgIpc) is 2.54. The number of benzene rings is 1. The Morgan fingerprint density at radius 3 is 2.65 bits per heavy atom. The van der Waals surface area contributed by atoms with E-state index in [1.54, 1.807) is 0 Å². The van der Waals surface area contributed by atoms with E-state index in [1.165, 1.54) is 13.1 Å². The summed E-state index contributed by atoms with van der Waals surface area (Å²) in [5.41, 5.74) is 0.110. The number of nitrogens with one attached hydrogen (secondary N) is 3. The summed E-state index contributed by atoms with van der Waals surface area (Å²) in [4.78, 5) is 35.5. The molecule has 0 bridgehead atoms. The Hall–Kier alpha value is -2.51. The lowest BCUT2D eigenvalue weighted by Crippen LogP contribution is -2.51. The first-order valence-electron chi connectivity index (χ1n) is 7.18. The zero-order chi connectivity index (χ0) is 17.0. The first kappa shape index (κ1) is 16.9. The van der Waals surface area contributed by atoms with E-state index < -0.39 is 35.5 Å². The van der Waals surface area contributed by atoms with Crippen molar-refractivity contribution in [3.8, 4) is 0 Å². The Balaban J connectivity index is 2.18. The molecule has 124 valence electrons. The highest BCUT2D eigenvalue weighted by molar-refractivity contribution is 5.93. The van der Waals surface area contributed by atoms with Crippen molar-refractivity contribution in [1.29, 1.82) is 0 Å². The molecule has 1 aliphatic rings. The van der Waals surface area contributed by atoms with Crippen LogP contribution >= 0.6 is 0 Å². The summed E-state index contributed by atoms with van der Waals surface area (Å²) in [6.45, 7) is 0. The standard InChI is InChI=1S/C15H17F2N3O3/c1-18-15(23)13(8-5-6-9(16)10(17)7-8)20-14(22)11-3-2-4-12(21)19-11/h5-7,11,13H,2-4H2,1H3,(H,18,23)(H,19,21)(H,20,22)/t11-,13+/m1/s1. The minimum absolute atomic E-state index is 0.110. The fourth-order valence-corrected chi connectivity index (χ4v) is 2.38. The van der Waals surface area contributed by atoms with Gasteiger partial charge in [0.05, 0.1) is 0 Å². The second kappa shape index (κ2) is 7.17. The van der Waals surface area contributed by atoms with Crippen molar-refractivity contribution in [2.45, 2.75) is 31.3 Å². The highest BCUT2D eigenvalue weighted by Gasteiger charge is 2.29. The van der Waals surface area contributed by atoms with Crippen LogP contribution in [0.4, 0.5) is 8.78 Å². The molecule has 3 amide bonds. The largest absolute Gasteiger partial charge is 0.357 e. The molecule has 0 spiro atoms. The predicted octanol–water partition coefficient (Wildman–Crippen LogP) is 0.537. The fourth-order valence-electron chi connectivity index (χ4n) is 2.38. The van der Waals surface area contributed by atoms with Crippen LogP contribution in [-0.2, 0) is 14.4 Å². The Morgan fingerprint density at radius 1 is 1.30 bits per heavy atom. The van der Waals surface area contributed by atoms with E-state index in [-0.39, 0.29) is 11.5 Å². The molecule has 0 aromatic heterocycles. The van der Waals surface area contributed by atoms with Gasteiger partial charge in [-0.05, 0) is 30.5 Å². The van der Waals surface area contributed by atoms with Gasteiger partial charge in [-0.1, -0.05) is 6.07 Å². The Labute approximate surface area is 131 Å². The number of carbonyl (C=O) groups is 3. The van der Waals surface area contributed by atoms with Gasteiger partial charge >= 0.3 is 0 Å². The number of rotatable bonds is 4. The van der Waals surface area contributed by atoms with Crippen LogP contribution in [0.15, 0.2) is 18.2 Å². The van der Waals surface area contributed by atoms with Gasteiger partial charge < -0.3 is 16.0 Å². The highest BCUT2D eigenvalue weighted by Crippen LogP contribution is 2.18. The van der Waals surface area contributed by atoms with Crippen LogP contribution in [-0.4, -0.2) is 30.8 Å². The Morgan fingerprint density at radius 2 is 2.04 bits per heavy atom. The molecule has 0 unspecified atom stereocenters. The minimum atomic E-state index is -1.18. The van der Waals surface area contributed by atoms with E-state index in [2.05, 4.69) is 16.0 Å². The lowest BCUT2D eigenvalue weighted by Gasteiger charge is -2.25. The molecule has 1 aliphatic heterocycles. The number of carbonyl (C=O) groups excluding carboxylic acids is 3. The number of hydrogen-bond acceptors (Lipinski definition) is 3. The lowest BCUT2D eigenvalue weighted by atomic mass is 10.0. The molecule has 1 saturated heterocycles. The molecule has 1 fully saturated rings. The molecule has 1 heterocycles. The maximum Gasteiger partial charge on any atom is 0.246 e. The van der Waals surface area contributed by atoms with E-state index >= 15 is 0 Å². The van der Waals surface area contributed by atoms with Crippen LogP contribution in [0.1, 0.15) is 30.9 Å². The zero-order valence-electron chi connectivity index (χ0n) is 12.5. The fraction of sp³-hybridized carbons (Fsp3) is 0.400. The van der Waals surface area contributed by atoms with Gasteiger partial charge in [0.1, 0.15) is 12.1 Å². The summed E-state index contributed by atoms with van der Waals surface area (Å²) < 4.78 is 26.4. The van der Waals surface area contributed by atoms with Crippen molar-refractivity contribution in [3.05, 3.63) is 35.4 Å². The highest BCUT2D eigenvalue weighted by atomic mass is 19.2. The first-order chi connectivity index (χ1) is 10.9. The van der Waals surface area contributed by atoms with Crippen molar-refractivity contribution >= 4 is 17.7 Å². The lowest BCUT2D eigenvalue weighted by molar-refractivity contribution is -0.133. The predicted molar refractivity (Wildman–Crippen MR) is 77.1 cm³/mol. The first-order valence-corrected chi connectivity index (χ1v) is 7.18. The molecule has 0 aliphatic carbocycles. The molecule has 6 nitrogen and oxygen atoms in total. The van der Waals surface area contributed by atoms with Gasteiger partial charge in [0.2, 0.25) is 17.7 Å². The zero-order valence-corrected chi connectivity index (χ0v) is 12.5. The third-order valence-corrected chi connectivity index (χ3v) is 3.62. The van der Waals surface area contributed by atoms with E-state index in [4.69, 9.17) is 0 Å². The maximum atomic E-state index is 13.4. The number of amides is 3. The molecule has 2 atom stereocenters. The van der Waals surface area contributed by atoms with Gasteiger partial charge in [0.15, 0.2) is 11.6 Å². The van der Waals surface area contributed by atoms with Crippen molar-refractivity contribution in [1.82, 2.24) is 16.0 Å². The number of halogens is 2. The van der Waals surface area contributed by atoms with E-state index in [1.807, 2.05) is 0 Å². The van der Waals surface area contributed by atoms with E-state index in [0.717, 1.165) is 12.1 Å². The maximum absolute atomic E-state index is 13.4. The molecular weight excluding hydrogens is 308 g/mol. The average molecular weight is 325 g/mol. The Kier molecular flexibility index (Phi) is 5.25. The number of likely N-dealkylation sites (N-methyl/N-ethyl adjacent to an activating group) is 1. The monoisotopic (exact) mass is 325 g/mol. The summed E-state index contributed by atoms with van der Waals surface area (Å²) in [6, 6.07) is 1.04. The van der Waals surface area contributed by atoms with Gasteiger partial charge in [0.25, 0.3) is 0 Å². The quantitative estimate of drug-likeness (QED) is 0.755. The molecule has 8 heteroatoms. The van der Waals surface area contributed by atoms with Crippen LogP contribution in [0.3, 0.4) is 0 Å². The Bertz CT molecular complexity index is 636. The van der Waals surface area contributed by atoms with Crippen LogP contribution in [0.5, 0.6) is 0 Å². The molecule has 0 saturated carbocycles. The van der Waals surface area contributed by atoms with Gasteiger partial charge in [-0.2, -0.15) is 0 Å². The SMILES string of the molecule is CNC(=O)[C@@H](NC(=O)[C@H]1CCCC(=O)N1)c1ccc(F)c(F)c1. The second-order valence-electron chi connectivity index (χ2n) is 5.24. The molecule has 23 heavy (non-hydrogen) atoms. The normalized spacial score (nSPS) is 18.7. The second-order valence-corrected chi connectivity index (χ2v) is 5.24. The van der Waals surface area contributed by atoms with Crippen molar-refractivity contribution < 1.29 is 23.2 Å².